The molecule has 0 bridgehead atoms. The van der Waals surface area contributed by atoms with Gasteiger partial charge in [0.05, 0.1) is 21.3 Å². The van der Waals surface area contributed by atoms with E-state index in [-0.39, 0.29) is 5.41 Å². The minimum Gasteiger partial charge on any atom is -0.501 e. The van der Waals surface area contributed by atoms with Gasteiger partial charge < -0.3 is 18.9 Å². The molecule has 7 nitrogen and oxygen atoms in total. The first kappa shape index (κ1) is 40.5. The first-order chi connectivity index (χ1) is 29.9. The lowest BCUT2D eigenvalue weighted by atomic mass is 9.72. The summed E-state index contributed by atoms with van der Waals surface area (Å²) in [6, 6.07) is 44.9. The number of aromatic nitrogens is 3. The minimum atomic E-state index is -0.569. The van der Waals surface area contributed by atoms with Gasteiger partial charge in [0.25, 0.3) is 0 Å². The highest BCUT2D eigenvalue weighted by Crippen LogP contribution is 2.54. The zero-order chi connectivity index (χ0) is 42.5. The van der Waals surface area contributed by atoms with Gasteiger partial charge in [-0.2, -0.15) is 0 Å². The average Bonchev–Trinajstić information content (AvgIpc) is 3.62. The highest BCUT2D eigenvalue weighted by atomic mass is 16.5. The zero-order valence-electron chi connectivity index (χ0n) is 35.3. The molecule has 61 heavy (non-hydrogen) atoms. The third-order valence-electron chi connectivity index (χ3n) is 11.8. The number of rotatable bonds is 14. The van der Waals surface area contributed by atoms with Crippen LogP contribution in [-0.2, 0) is 14.9 Å². The number of hydrogen-bond acceptors (Lipinski definition) is 7. The van der Waals surface area contributed by atoms with Crippen LogP contribution in [0.5, 0.6) is 11.5 Å². The van der Waals surface area contributed by atoms with Gasteiger partial charge in [0.2, 0.25) is 0 Å². The van der Waals surface area contributed by atoms with Crippen LogP contribution in [0.15, 0.2) is 152 Å². The summed E-state index contributed by atoms with van der Waals surface area (Å²) in [6.07, 6.45) is 6.67. The van der Waals surface area contributed by atoms with E-state index in [4.69, 9.17) is 40.5 Å². The first-order valence-corrected chi connectivity index (χ1v) is 20.6. The lowest BCUT2D eigenvalue weighted by molar-refractivity contribution is 0.243. The van der Waals surface area contributed by atoms with Gasteiger partial charge in [-0.1, -0.05) is 154 Å². The third kappa shape index (κ3) is 7.48. The van der Waals surface area contributed by atoms with E-state index in [9.17, 15) is 0 Å². The molecule has 0 aliphatic heterocycles. The summed E-state index contributed by atoms with van der Waals surface area (Å²) in [5, 5.41) is 1.62. The molecule has 8 rings (SSSR count). The van der Waals surface area contributed by atoms with Crippen LogP contribution in [0.2, 0.25) is 0 Å². The fraction of sp³-hybridized carbons (Fsp3) is 0.167. The van der Waals surface area contributed by atoms with E-state index in [1.54, 1.807) is 27.6 Å². The van der Waals surface area contributed by atoms with Crippen LogP contribution in [0.4, 0.5) is 0 Å². The molecule has 0 fully saturated rings. The van der Waals surface area contributed by atoms with Crippen molar-refractivity contribution >= 4 is 18.7 Å². The van der Waals surface area contributed by atoms with Crippen LogP contribution in [0.25, 0.3) is 64.0 Å². The van der Waals surface area contributed by atoms with Crippen LogP contribution in [-0.4, -0.2) is 36.3 Å². The Hall–Kier alpha value is -7.25. The second kappa shape index (κ2) is 17.5. The molecule has 1 atom stereocenters. The van der Waals surface area contributed by atoms with Crippen LogP contribution in [0.3, 0.4) is 0 Å². The van der Waals surface area contributed by atoms with E-state index in [1.165, 1.54) is 16.7 Å². The number of benzene rings is 6. The van der Waals surface area contributed by atoms with Crippen LogP contribution in [0, 0.1) is 0 Å². The van der Waals surface area contributed by atoms with E-state index < -0.39 is 6.10 Å². The maximum absolute atomic E-state index is 7.48. The maximum atomic E-state index is 7.48. The normalized spacial score (nSPS) is 13.5. The SMILES string of the molecule is C=Cc1c2c(c(=C)/c(=C\C(=C\OC)OC)c1OC(c1ccc(OC)cc1)c1ccc(-c3nc(-c4ccccc4)nc(-c4ccccc4)n3)cc1)-c1ccccc1C2(CC)CC. The van der Waals surface area contributed by atoms with Crippen molar-refractivity contribution in [1.29, 1.82) is 0 Å². The molecule has 1 aliphatic carbocycles. The average molecular weight is 804 g/mol. The maximum Gasteiger partial charge on any atom is 0.164 e. The molecule has 0 N–H and O–H groups in total. The minimum absolute atomic E-state index is 0.274. The Bertz CT molecular complexity index is 2780. The molecular formula is C54H49N3O4. The molecule has 0 saturated carbocycles. The number of ether oxygens (including phenoxy) is 4. The molecular weight excluding hydrogens is 755 g/mol. The summed E-state index contributed by atoms with van der Waals surface area (Å²) in [5.41, 5.74) is 9.91. The molecule has 0 amide bonds. The predicted molar refractivity (Wildman–Crippen MR) is 246 cm³/mol. The molecule has 0 saturated heterocycles. The fourth-order valence-corrected chi connectivity index (χ4v) is 8.69. The van der Waals surface area contributed by atoms with Gasteiger partial charge in [-0.3, -0.25) is 0 Å². The predicted octanol–water partition coefficient (Wildman–Crippen LogP) is 11.1. The van der Waals surface area contributed by atoms with Gasteiger partial charge in [0, 0.05) is 32.9 Å². The quantitative estimate of drug-likeness (QED) is 0.101. The van der Waals surface area contributed by atoms with Crippen molar-refractivity contribution < 1.29 is 18.9 Å². The van der Waals surface area contributed by atoms with Gasteiger partial charge in [0.1, 0.15) is 23.9 Å². The largest absolute Gasteiger partial charge is 0.501 e. The Balaban J connectivity index is 1.32. The van der Waals surface area contributed by atoms with Crippen molar-refractivity contribution in [2.75, 3.05) is 21.3 Å². The van der Waals surface area contributed by atoms with Crippen molar-refractivity contribution in [2.24, 2.45) is 0 Å². The summed E-state index contributed by atoms with van der Waals surface area (Å²) < 4.78 is 24.3. The number of allylic oxidation sites excluding steroid dienone is 1. The van der Waals surface area contributed by atoms with Crippen molar-refractivity contribution in [3.05, 3.63) is 190 Å². The molecule has 1 unspecified atom stereocenters. The van der Waals surface area contributed by atoms with Gasteiger partial charge in [-0.25, -0.2) is 15.0 Å². The van der Waals surface area contributed by atoms with Crippen LogP contribution >= 0.6 is 0 Å². The van der Waals surface area contributed by atoms with E-state index in [0.717, 1.165) is 68.0 Å². The lowest BCUT2D eigenvalue weighted by Crippen LogP contribution is -2.33. The molecule has 7 aromatic rings. The Kier molecular flexibility index (Phi) is 11.7. The second-order valence-corrected chi connectivity index (χ2v) is 15.0. The number of methoxy groups -OCH3 is 3. The summed E-state index contributed by atoms with van der Waals surface area (Å²) in [6.45, 7) is 13.7. The molecule has 7 heteroatoms. The lowest BCUT2D eigenvalue weighted by Gasteiger charge is -2.32. The Morgan fingerprint density at radius 2 is 1.20 bits per heavy atom. The van der Waals surface area contributed by atoms with E-state index in [2.05, 4.69) is 56.8 Å². The van der Waals surface area contributed by atoms with Gasteiger partial charge >= 0.3 is 0 Å². The Morgan fingerprint density at radius 3 is 1.70 bits per heavy atom. The number of nitrogens with zero attached hydrogens (tertiary/aromatic N) is 3. The van der Waals surface area contributed by atoms with Crippen molar-refractivity contribution in [3.8, 4) is 56.8 Å². The highest BCUT2D eigenvalue weighted by molar-refractivity contribution is 5.87. The number of hydrogen-bond donors (Lipinski definition) is 0. The van der Waals surface area contributed by atoms with Crippen molar-refractivity contribution in [1.82, 2.24) is 15.0 Å². The topological polar surface area (TPSA) is 75.6 Å². The first-order valence-electron chi connectivity index (χ1n) is 20.6. The van der Waals surface area contributed by atoms with E-state index in [0.29, 0.717) is 29.0 Å². The molecule has 6 aromatic carbocycles. The molecule has 1 heterocycles. The van der Waals surface area contributed by atoms with E-state index in [1.807, 2.05) is 109 Å². The standard InChI is InChI=1S/C54H49N3O4/c1-8-43-48-47(44-23-17-18-24-46(44)54(48,9-2)10-3)35(4)45(33-42(60-7)34-58-5)50(43)61-49(37-29-31-41(59-6)32-30-37)36-25-27-40(28-26-36)53-56-51(38-19-13-11-14-20-38)55-52(57-53)39-21-15-12-16-22-39/h8,11-34,49H,1,4,9-10H2,2-3,5-7H3/b42-34-,45-33+. The van der Waals surface area contributed by atoms with Crippen molar-refractivity contribution in [2.45, 2.75) is 38.2 Å². The molecule has 304 valence electrons. The number of fused-ring (bicyclic) bond motifs is 3. The molecule has 1 aliphatic rings. The Labute approximate surface area is 358 Å². The molecule has 0 radical (unpaired) electrons. The summed E-state index contributed by atoms with van der Waals surface area (Å²) >= 11 is 0. The molecule has 1 aromatic heterocycles. The summed E-state index contributed by atoms with van der Waals surface area (Å²) in [5.74, 6) is 3.69. The van der Waals surface area contributed by atoms with Gasteiger partial charge in [-0.05, 0) is 69.6 Å². The van der Waals surface area contributed by atoms with E-state index >= 15 is 0 Å². The zero-order valence-corrected chi connectivity index (χ0v) is 35.3. The fourth-order valence-electron chi connectivity index (χ4n) is 8.69. The highest BCUT2D eigenvalue weighted by Gasteiger charge is 2.43. The van der Waals surface area contributed by atoms with Crippen molar-refractivity contribution in [3.63, 3.8) is 0 Å². The monoisotopic (exact) mass is 803 g/mol. The smallest absolute Gasteiger partial charge is 0.164 e. The van der Waals surface area contributed by atoms with Crippen LogP contribution < -0.4 is 19.9 Å². The van der Waals surface area contributed by atoms with Gasteiger partial charge in [0.15, 0.2) is 23.2 Å². The Morgan fingerprint density at radius 1 is 0.672 bits per heavy atom. The molecule has 0 spiro atoms. The van der Waals surface area contributed by atoms with Crippen LogP contribution in [0.1, 0.15) is 60.6 Å². The van der Waals surface area contributed by atoms with Gasteiger partial charge in [-0.15, -0.1) is 0 Å². The third-order valence-corrected chi connectivity index (χ3v) is 11.8. The second-order valence-electron chi connectivity index (χ2n) is 15.0. The summed E-state index contributed by atoms with van der Waals surface area (Å²) in [4.78, 5) is 14.8. The summed E-state index contributed by atoms with van der Waals surface area (Å²) in [7, 11) is 4.90.